The Morgan fingerprint density at radius 1 is 1.44 bits per heavy atom. The zero-order valence-corrected chi connectivity index (χ0v) is 11.1. The molecule has 2 fully saturated rings. The first-order valence-corrected chi connectivity index (χ1v) is 7.04. The lowest BCUT2D eigenvalue weighted by molar-refractivity contribution is -0.127. The molecule has 2 rings (SSSR count). The fourth-order valence-electron chi connectivity index (χ4n) is 2.12. The predicted molar refractivity (Wildman–Crippen MR) is 65.1 cm³/mol. The summed E-state index contributed by atoms with van der Waals surface area (Å²) in [7, 11) is 0. The maximum Gasteiger partial charge on any atom is 0.223 e. The van der Waals surface area contributed by atoms with Gasteiger partial charge in [0, 0.05) is 18.4 Å². The third kappa shape index (κ3) is 3.19. The Morgan fingerprint density at radius 2 is 2.12 bits per heavy atom. The van der Waals surface area contributed by atoms with E-state index in [-0.39, 0.29) is 17.7 Å². The topological polar surface area (TPSA) is 29.1 Å². The normalized spacial score (nSPS) is 33.2. The number of hydrogen-bond acceptors (Lipinski definition) is 1. The molecule has 2 saturated carbocycles. The molecule has 0 bridgehead atoms. The largest absolute Gasteiger partial charge is 0.356 e. The maximum absolute atomic E-state index is 13.1. The number of carbonyl (C=O) groups is 1. The first-order chi connectivity index (χ1) is 7.59. The van der Waals surface area contributed by atoms with Crippen molar-refractivity contribution in [3.63, 3.8) is 0 Å². The minimum Gasteiger partial charge on any atom is -0.356 e. The molecule has 16 heavy (non-hydrogen) atoms. The number of hydrogen-bond donors (Lipinski definition) is 1. The Kier molecular flexibility index (Phi) is 3.88. The van der Waals surface area contributed by atoms with Crippen molar-refractivity contribution in [2.24, 2.45) is 11.8 Å². The van der Waals surface area contributed by atoms with Gasteiger partial charge in [0.1, 0.15) is 0 Å². The van der Waals surface area contributed by atoms with E-state index in [2.05, 4.69) is 21.2 Å². The van der Waals surface area contributed by atoms with Crippen molar-refractivity contribution in [2.45, 2.75) is 49.5 Å². The quantitative estimate of drug-likeness (QED) is 0.591. The molecule has 2 aliphatic carbocycles. The second-order valence-corrected chi connectivity index (χ2v) is 6.40. The van der Waals surface area contributed by atoms with E-state index in [1.54, 1.807) is 0 Å². The number of nitrogens with one attached hydrogen (secondary N) is 1. The number of rotatable bonds is 6. The van der Waals surface area contributed by atoms with Crippen molar-refractivity contribution < 1.29 is 9.18 Å². The van der Waals surface area contributed by atoms with Crippen molar-refractivity contribution in [1.29, 1.82) is 0 Å². The minimum atomic E-state index is -1.07. The van der Waals surface area contributed by atoms with Crippen molar-refractivity contribution in [1.82, 2.24) is 5.32 Å². The highest BCUT2D eigenvalue weighted by atomic mass is 79.9. The molecule has 2 atom stereocenters. The van der Waals surface area contributed by atoms with Gasteiger partial charge in [-0.3, -0.25) is 4.79 Å². The molecule has 0 spiro atoms. The van der Waals surface area contributed by atoms with Crippen molar-refractivity contribution >= 4 is 21.8 Å². The molecule has 2 unspecified atom stereocenters. The molecule has 1 amide bonds. The Labute approximate surface area is 104 Å². The van der Waals surface area contributed by atoms with Gasteiger partial charge >= 0.3 is 0 Å². The van der Waals surface area contributed by atoms with Gasteiger partial charge in [0.25, 0.3) is 0 Å². The second kappa shape index (κ2) is 5.03. The first kappa shape index (κ1) is 12.3. The summed E-state index contributed by atoms with van der Waals surface area (Å²) in [5.74, 6) is 0.706. The van der Waals surface area contributed by atoms with E-state index in [0.29, 0.717) is 6.42 Å². The number of halogens is 2. The van der Waals surface area contributed by atoms with Crippen molar-refractivity contribution in [3.8, 4) is 0 Å². The molecule has 0 heterocycles. The van der Waals surface area contributed by atoms with Gasteiger partial charge in [0.15, 0.2) is 4.58 Å². The van der Waals surface area contributed by atoms with E-state index in [1.807, 2.05) is 0 Å². The summed E-state index contributed by atoms with van der Waals surface area (Å²) in [6, 6.07) is 0. The summed E-state index contributed by atoms with van der Waals surface area (Å²) >= 11 is 3.04. The highest BCUT2D eigenvalue weighted by Gasteiger charge is 2.52. The highest BCUT2D eigenvalue weighted by Crippen LogP contribution is 2.54. The van der Waals surface area contributed by atoms with E-state index in [0.717, 1.165) is 38.6 Å². The summed E-state index contributed by atoms with van der Waals surface area (Å²) in [5, 5.41) is 2.96. The maximum atomic E-state index is 13.1. The van der Waals surface area contributed by atoms with Crippen LogP contribution in [0.5, 0.6) is 0 Å². The summed E-state index contributed by atoms with van der Waals surface area (Å²) in [5.41, 5.74) is 0. The second-order valence-electron chi connectivity index (χ2n) is 5.08. The zero-order valence-electron chi connectivity index (χ0n) is 9.48. The van der Waals surface area contributed by atoms with E-state index in [4.69, 9.17) is 0 Å². The van der Waals surface area contributed by atoms with Crippen LogP contribution in [0, 0.1) is 11.8 Å². The SMILES string of the molecule is O=C(NCCCCC1CC1(F)Br)C1CCC1. The van der Waals surface area contributed by atoms with Crippen molar-refractivity contribution in [2.75, 3.05) is 6.54 Å². The number of amides is 1. The Bertz CT molecular complexity index is 266. The highest BCUT2D eigenvalue weighted by molar-refractivity contribution is 9.10. The van der Waals surface area contributed by atoms with Crippen LogP contribution in [0.3, 0.4) is 0 Å². The van der Waals surface area contributed by atoms with E-state index in [1.165, 1.54) is 6.42 Å². The third-order valence-electron chi connectivity index (χ3n) is 3.71. The fraction of sp³-hybridized carbons (Fsp3) is 0.917. The Balaban J connectivity index is 1.44. The zero-order chi connectivity index (χ0) is 11.6. The number of carbonyl (C=O) groups excluding carboxylic acids is 1. The van der Waals surface area contributed by atoms with E-state index >= 15 is 0 Å². The van der Waals surface area contributed by atoms with Gasteiger partial charge in [-0.1, -0.05) is 12.8 Å². The predicted octanol–water partition coefficient (Wildman–Crippen LogP) is 3.15. The van der Waals surface area contributed by atoms with Gasteiger partial charge in [-0.25, -0.2) is 4.39 Å². The fourth-order valence-corrected chi connectivity index (χ4v) is 2.74. The molecule has 92 valence electrons. The molecule has 0 aromatic carbocycles. The number of alkyl halides is 2. The lowest BCUT2D eigenvalue weighted by Gasteiger charge is -2.23. The molecule has 1 N–H and O–H groups in total. The number of unbranched alkanes of at least 4 members (excludes halogenated alkanes) is 1. The molecular weight excluding hydrogens is 273 g/mol. The van der Waals surface area contributed by atoms with Gasteiger partial charge in [-0.05, 0) is 48.0 Å². The minimum absolute atomic E-state index is 0.204. The standard InChI is InChI=1S/C12H19BrFNO/c13-12(14)8-10(12)6-1-2-7-15-11(16)9-4-3-5-9/h9-10H,1-8H2,(H,15,16). The van der Waals surface area contributed by atoms with Crippen LogP contribution in [0.2, 0.25) is 0 Å². The summed E-state index contributed by atoms with van der Waals surface area (Å²) in [6.07, 6.45) is 6.88. The Hall–Kier alpha value is -0.120. The van der Waals surface area contributed by atoms with Gasteiger partial charge < -0.3 is 5.32 Å². The third-order valence-corrected chi connectivity index (χ3v) is 4.68. The van der Waals surface area contributed by atoms with Gasteiger partial charge in [0.05, 0.1) is 0 Å². The summed E-state index contributed by atoms with van der Waals surface area (Å²) < 4.78 is 12.0. The van der Waals surface area contributed by atoms with Crippen LogP contribution in [0.4, 0.5) is 4.39 Å². The van der Waals surface area contributed by atoms with Crippen LogP contribution in [0.25, 0.3) is 0 Å². The summed E-state index contributed by atoms with van der Waals surface area (Å²) in [6.45, 7) is 0.754. The molecule has 0 aliphatic heterocycles. The van der Waals surface area contributed by atoms with Gasteiger partial charge in [-0.2, -0.15) is 0 Å². The van der Waals surface area contributed by atoms with Gasteiger partial charge in [0.2, 0.25) is 5.91 Å². The van der Waals surface area contributed by atoms with Crippen LogP contribution in [-0.4, -0.2) is 17.0 Å². The lowest BCUT2D eigenvalue weighted by atomic mass is 9.85. The van der Waals surface area contributed by atoms with E-state index in [9.17, 15) is 9.18 Å². The average Bonchev–Trinajstić information content (AvgIpc) is 2.70. The molecule has 0 aromatic rings. The molecule has 0 saturated heterocycles. The molecule has 2 nitrogen and oxygen atoms in total. The molecule has 0 radical (unpaired) electrons. The van der Waals surface area contributed by atoms with Crippen LogP contribution in [0.15, 0.2) is 0 Å². The monoisotopic (exact) mass is 291 g/mol. The molecule has 2 aliphatic rings. The van der Waals surface area contributed by atoms with Crippen LogP contribution < -0.4 is 5.32 Å². The average molecular weight is 292 g/mol. The van der Waals surface area contributed by atoms with Crippen LogP contribution in [-0.2, 0) is 4.79 Å². The smallest absolute Gasteiger partial charge is 0.223 e. The summed E-state index contributed by atoms with van der Waals surface area (Å²) in [4.78, 5) is 11.5. The van der Waals surface area contributed by atoms with Crippen LogP contribution >= 0.6 is 15.9 Å². The first-order valence-electron chi connectivity index (χ1n) is 6.25. The van der Waals surface area contributed by atoms with Crippen molar-refractivity contribution in [3.05, 3.63) is 0 Å². The molecule has 0 aromatic heterocycles. The Morgan fingerprint density at radius 3 is 2.62 bits per heavy atom. The van der Waals surface area contributed by atoms with E-state index < -0.39 is 4.58 Å². The van der Waals surface area contributed by atoms with Gasteiger partial charge in [-0.15, -0.1) is 0 Å². The lowest BCUT2D eigenvalue weighted by Crippen LogP contribution is -2.34. The molecular formula is C12H19BrFNO. The molecule has 4 heteroatoms. The van der Waals surface area contributed by atoms with Crippen LogP contribution in [0.1, 0.15) is 44.9 Å².